The maximum absolute atomic E-state index is 13.3. The van der Waals surface area contributed by atoms with Crippen molar-refractivity contribution in [3.63, 3.8) is 0 Å². The number of piperidine rings is 1. The van der Waals surface area contributed by atoms with Gasteiger partial charge in [-0.2, -0.15) is 5.10 Å². The van der Waals surface area contributed by atoms with E-state index in [1.165, 1.54) is 22.3 Å². The lowest BCUT2D eigenvalue weighted by Crippen LogP contribution is -2.60. The van der Waals surface area contributed by atoms with Crippen molar-refractivity contribution in [2.24, 2.45) is 13.0 Å². The van der Waals surface area contributed by atoms with E-state index >= 15 is 0 Å². The molecule has 0 saturated carbocycles. The Morgan fingerprint density at radius 1 is 1.00 bits per heavy atom. The Morgan fingerprint density at radius 2 is 1.60 bits per heavy atom. The first-order valence-electron chi connectivity index (χ1n) is 12.3. The number of Topliss-reactive ketones (excluding diaryl/α,β-unsaturated/α-hetero) is 1. The number of hydrogen-bond acceptors (Lipinski definition) is 5. The molecule has 2 bridgehead atoms. The number of hydrogen-bond donors (Lipinski definition) is 0. The van der Waals surface area contributed by atoms with E-state index in [-0.39, 0.29) is 35.8 Å². The van der Waals surface area contributed by atoms with Crippen molar-refractivity contribution in [3.8, 4) is 11.1 Å². The maximum Gasteiger partial charge on any atom is 0.410 e. The molecule has 2 fully saturated rings. The molecular formula is C28H29N3O4. The van der Waals surface area contributed by atoms with Gasteiger partial charge < -0.3 is 9.47 Å². The molecule has 2 aromatic carbocycles. The van der Waals surface area contributed by atoms with Crippen LogP contribution in [0.5, 0.6) is 0 Å². The molecule has 6 rings (SSSR count). The van der Waals surface area contributed by atoms with Gasteiger partial charge in [0.25, 0.3) is 0 Å². The molecule has 2 unspecified atom stereocenters. The second-order valence-corrected chi connectivity index (χ2v) is 9.89. The van der Waals surface area contributed by atoms with Gasteiger partial charge in [0.05, 0.1) is 36.6 Å². The van der Waals surface area contributed by atoms with Gasteiger partial charge in [0.1, 0.15) is 6.61 Å². The molecule has 35 heavy (non-hydrogen) atoms. The minimum atomic E-state index is -0.311. The first-order chi connectivity index (χ1) is 17.0. The van der Waals surface area contributed by atoms with Crippen molar-refractivity contribution in [1.29, 1.82) is 0 Å². The molecular weight excluding hydrogens is 442 g/mol. The van der Waals surface area contributed by atoms with E-state index < -0.39 is 0 Å². The molecule has 7 nitrogen and oxygen atoms in total. The minimum Gasteiger partial charge on any atom is -0.448 e. The van der Waals surface area contributed by atoms with Crippen LogP contribution in [0, 0.1) is 12.8 Å². The summed E-state index contributed by atoms with van der Waals surface area (Å²) in [7, 11) is 1.83. The number of aryl methyl sites for hydroxylation is 2. The van der Waals surface area contributed by atoms with Gasteiger partial charge in [-0.15, -0.1) is 0 Å². The number of fused-ring (bicyclic) bond motifs is 5. The van der Waals surface area contributed by atoms with Crippen LogP contribution in [0.3, 0.4) is 0 Å². The van der Waals surface area contributed by atoms with E-state index in [0.717, 1.165) is 5.69 Å². The third kappa shape index (κ3) is 3.74. The largest absolute Gasteiger partial charge is 0.448 e. The van der Waals surface area contributed by atoms with E-state index in [0.29, 0.717) is 38.2 Å². The summed E-state index contributed by atoms with van der Waals surface area (Å²) in [6, 6.07) is 16.3. The molecule has 2 aliphatic heterocycles. The standard InChI is InChI=1S/C28H29N3O4/c1-17-25(13-30(2)29-17)27(32)18-11-19-14-34-15-20(12-18)31(19)28(33)35-16-26-23-9-5-3-7-21(23)22-8-4-6-10-24(22)26/h3-10,13,18-20,26H,11-12,14-16H2,1-2H3. The van der Waals surface area contributed by atoms with Gasteiger partial charge >= 0.3 is 6.09 Å². The van der Waals surface area contributed by atoms with Gasteiger partial charge in [0.2, 0.25) is 0 Å². The van der Waals surface area contributed by atoms with Crippen LogP contribution in [0.4, 0.5) is 4.79 Å². The summed E-state index contributed by atoms with van der Waals surface area (Å²) in [4.78, 5) is 28.4. The van der Waals surface area contributed by atoms with Crippen LogP contribution in [0.2, 0.25) is 0 Å². The first kappa shape index (κ1) is 22.0. The molecule has 3 aromatic rings. The average Bonchev–Trinajstić information content (AvgIpc) is 3.37. The average molecular weight is 472 g/mol. The van der Waals surface area contributed by atoms with Crippen molar-refractivity contribution >= 4 is 11.9 Å². The van der Waals surface area contributed by atoms with Gasteiger partial charge in [0, 0.05) is 25.1 Å². The molecule has 1 aliphatic carbocycles. The van der Waals surface area contributed by atoms with Gasteiger partial charge in [-0.1, -0.05) is 48.5 Å². The van der Waals surface area contributed by atoms with Gasteiger partial charge in [-0.05, 0) is 42.0 Å². The highest BCUT2D eigenvalue weighted by Crippen LogP contribution is 2.44. The summed E-state index contributed by atoms with van der Waals surface area (Å²) in [5.41, 5.74) is 6.23. The van der Waals surface area contributed by atoms with Gasteiger partial charge in [-0.3, -0.25) is 14.4 Å². The number of carbonyl (C=O) groups is 2. The molecule has 0 radical (unpaired) electrons. The lowest BCUT2D eigenvalue weighted by Gasteiger charge is -2.47. The summed E-state index contributed by atoms with van der Waals surface area (Å²) in [5, 5.41) is 4.32. The van der Waals surface area contributed by atoms with E-state index in [2.05, 4.69) is 29.4 Å². The maximum atomic E-state index is 13.3. The fraction of sp³-hybridized carbons (Fsp3) is 0.393. The molecule has 0 N–H and O–H groups in total. The second-order valence-electron chi connectivity index (χ2n) is 9.89. The number of nitrogens with zero attached hydrogens (tertiary/aromatic N) is 3. The number of ketones is 1. The van der Waals surface area contributed by atoms with Crippen LogP contribution in [0.15, 0.2) is 54.7 Å². The highest BCUT2D eigenvalue weighted by Gasteiger charge is 2.45. The first-order valence-corrected chi connectivity index (χ1v) is 12.3. The van der Waals surface area contributed by atoms with Crippen molar-refractivity contribution in [2.45, 2.75) is 37.8 Å². The molecule has 2 saturated heterocycles. The summed E-state index contributed by atoms with van der Waals surface area (Å²) >= 11 is 0. The molecule has 1 aromatic heterocycles. The summed E-state index contributed by atoms with van der Waals surface area (Å²) in [5.74, 6) is -0.00997. The Labute approximate surface area is 204 Å². The lowest BCUT2D eigenvalue weighted by atomic mass is 9.81. The number of rotatable bonds is 4. The SMILES string of the molecule is Cc1nn(C)cc1C(=O)C1CC2COCC(C1)N2C(=O)OCC1c2ccccc2-c2ccccc21. The summed E-state index contributed by atoms with van der Waals surface area (Å²) in [6.07, 6.45) is 2.64. The van der Waals surface area contributed by atoms with Crippen LogP contribution in [-0.4, -0.2) is 58.5 Å². The fourth-order valence-electron chi connectivity index (χ4n) is 6.16. The number of benzene rings is 2. The van der Waals surface area contributed by atoms with Crippen molar-refractivity contribution < 1.29 is 19.1 Å². The molecule has 3 heterocycles. The monoisotopic (exact) mass is 471 g/mol. The van der Waals surface area contributed by atoms with Gasteiger partial charge in [-0.25, -0.2) is 4.79 Å². The van der Waals surface area contributed by atoms with E-state index in [1.807, 2.05) is 43.1 Å². The molecule has 3 aliphatic rings. The van der Waals surface area contributed by atoms with Crippen LogP contribution >= 0.6 is 0 Å². The zero-order valence-corrected chi connectivity index (χ0v) is 20.0. The summed E-state index contributed by atoms with van der Waals surface area (Å²) in [6.45, 7) is 3.01. The van der Waals surface area contributed by atoms with Crippen molar-refractivity contribution in [1.82, 2.24) is 14.7 Å². The van der Waals surface area contributed by atoms with Crippen molar-refractivity contribution in [2.75, 3.05) is 19.8 Å². The van der Waals surface area contributed by atoms with Crippen molar-refractivity contribution in [3.05, 3.63) is 77.1 Å². The van der Waals surface area contributed by atoms with Gasteiger partial charge in [0.15, 0.2) is 5.78 Å². The topological polar surface area (TPSA) is 73.7 Å². The number of morpholine rings is 1. The normalized spacial score (nSPS) is 23.0. The Kier molecular flexibility index (Phi) is 5.44. The molecule has 1 amide bonds. The number of carbonyl (C=O) groups excluding carboxylic acids is 2. The minimum absolute atomic E-state index is 0.0233. The predicted octanol–water partition coefficient (Wildman–Crippen LogP) is 4.34. The Bertz CT molecular complexity index is 1240. The Hall–Kier alpha value is -3.45. The van der Waals surface area contributed by atoms with Crippen LogP contribution < -0.4 is 0 Å². The third-order valence-electron chi connectivity index (χ3n) is 7.72. The molecule has 180 valence electrons. The number of ether oxygens (including phenoxy) is 2. The van der Waals surface area contributed by atoms with E-state index in [9.17, 15) is 9.59 Å². The molecule has 2 atom stereocenters. The lowest BCUT2D eigenvalue weighted by molar-refractivity contribution is -0.0747. The Balaban J connectivity index is 1.17. The fourth-order valence-corrected chi connectivity index (χ4v) is 6.16. The van der Waals surface area contributed by atoms with Crippen LogP contribution in [0.25, 0.3) is 11.1 Å². The highest BCUT2D eigenvalue weighted by atomic mass is 16.6. The summed E-state index contributed by atoms with van der Waals surface area (Å²) < 4.78 is 13.4. The number of aromatic nitrogens is 2. The van der Waals surface area contributed by atoms with E-state index in [1.54, 1.807) is 10.9 Å². The highest BCUT2D eigenvalue weighted by molar-refractivity contribution is 5.98. The van der Waals surface area contributed by atoms with Crippen LogP contribution in [0.1, 0.15) is 45.9 Å². The smallest absolute Gasteiger partial charge is 0.410 e. The zero-order valence-electron chi connectivity index (χ0n) is 20.0. The predicted molar refractivity (Wildman–Crippen MR) is 130 cm³/mol. The third-order valence-corrected chi connectivity index (χ3v) is 7.72. The zero-order chi connectivity index (χ0) is 24.1. The van der Waals surface area contributed by atoms with Crippen LogP contribution in [-0.2, 0) is 16.5 Å². The second kappa shape index (κ2) is 8.64. The number of amides is 1. The molecule has 0 spiro atoms. The van der Waals surface area contributed by atoms with E-state index in [4.69, 9.17) is 9.47 Å². The molecule has 7 heteroatoms. The Morgan fingerprint density at radius 3 is 2.17 bits per heavy atom. The quantitative estimate of drug-likeness (QED) is 0.530.